The summed E-state index contributed by atoms with van der Waals surface area (Å²) >= 11 is 0. The fourth-order valence-electron chi connectivity index (χ4n) is 2.61. The van der Waals surface area contributed by atoms with Gasteiger partial charge in [-0.25, -0.2) is 4.39 Å². The Labute approximate surface area is 105 Å². The summed E-state index contributed by atoms with van der Waals surface area (Å²) in [5.74, 6) is 0.363. The molecule has 5 heteroatoms. The van der Waals surface area contributed by atoms with Crippen molar-refractivity contribution in [2.75, 3.05) is 27.4 Å². The molecule has 98 valence electrons. The van der Waals surface area contributed by atoms with Gasteiger partial charge < -0.3 is 18.9 Å². The van der Waals surface area contributed by atoms with Crippen molar-refractivity contribution in [2.45, 2.75) is 17.8 Å². The quantitative estimate of drug-likeness (QED) is 0.767. The van der Waals surface area contributed by atoms with Gasteiger partial charge in [0.1, 0.15) is 23.8 Å². The zero-order chi connectivity index (χ0) is 12.8. The first-order valence-corrected chi connectivity index (χ1v) is 5.82. The van der Waals surface area contributed by atoms with Gasteiger partial charge in [-0.15, -0.1) is 0 Å². The molecule has 0 aromatic heterocycles. The van der Waals surface area contributed by atoms with Gasteiger partial charge in [0, 0.05) is 19.8 Å². The van der Waals surface area contributed by atoms with E-state index in [0.717, 1.165) is 5.56 Å². The van der Waals surface area contributed by atoms with Crippen LogP contribution in [0.2, 0.25) is 0 Å². The summed E-state index contributed by atoms with van der Waals surface area (Å²) in [5, 5.41) is 0. The highest BCUT2D eigenvalue weighted by Gasteiger charge is 2.61. The molecule has 0 spiro atoms. The van der Waals surface area contributed by atoms with E-state index in [1.807, 2.05) is 0 Å². The average molecular weight is 254 g/mol. The van der Waals surface area contributed by atoms with Crippen LogP contribution in [0.25, 0.3) is 0 Å². The van der Waals surface area contributed by atoms with E-state index in [4.69, 9.17) is 18.9 Å². The largest absolute Gasteiger partial charge is 0.479 e. The Morgan fingerprint density at radius 3 is 2.67 bits per heavy atom. The third-order valence-corrected chi connectivity index (χ3v) is 3.38. The maximum absolute atomic E-state index is 13.2. The van der Waals surface area contributed by atoms with Crippen molar-refractivity contribution < 1.29 is 23.3 Å². The van der Waals surface area contributed by atoms with E-state index in [2.05, 4.69) is 0 Å². The summed E-state index contributed by atoms with van der Waals surface area (Å²) in [5.41, 5.74) is 0.127. The molecule has 2 unspecified atom stereocenters. The predicted octanol–water partition coefficient (Wildman–Crippen LogP) is 1.69. The Balaban J connectivity index is 1.96. The lowest BCUT2D eigenvalue weighted by Gasteiger charge is -2.35. The van der Waals surface area contributed by atoms with Crippen molar-refractivity contribution in [1.29, 1.82) is 0 Å². The van der Waals surface area contributed by atoms with E-state index in [1.165, 1.54) is 12.1 Å². The molecule has 1 aromatic carbocycles. The minimum absolute atomic E-state index is 0.116. The number of epoxide rings is 1. The van der Waals surface area contributed by atoms with Crippen LogP contribution in [-0.2, 0) is 14.2 Å². The molecule has 1 saturated heterocycles. The Morgan fingerprint density at radius 1 is 1.28 bits per heavy atom. The Bertz CT molecular complexity index is 456. The Morgan fingerprint density at radius 2 is 2.00 bits per heavy atom. The highest BCUT2D eigenvalue weighted by Crippen LogP contribution is 2.54. The van der Waals surface area contributed by atoms with Crippen molar-refractivity contribution in [3.63, 3.8) is 0 Å². The molecule has 0 bridgehead atoms. The molecular weight excluding hydrogens is 239 g/mol. The van der Waals surface area contributed by atoms with E-state index < -0.39 is 5.60 Å². The summed E-state index contributed by atoms with van der Waals surface area (Å²) in [7, 11) is 3.22. The fraction of sp³-hybridized carbons (Fsp3) is 0.538. The molecule has 1 aromatic rings. The molecular formula is C13H15FO4. The second-order valence-corrected chi connectivity index (χ2v) is 4.69. The lowest BCUT2D eigenvalue weighted by molar-refractivity contribution is -0.0760. The Hall–Kier alpha value is -1.17. The molecule has 0 aliphatic carbocycles. The van der Waals surface area contributed by atoms with Crippen molar-refractivity contribution >= 4 is 0 Å². The maximum Gasteiger partial charge on any atom is 0.184 e. The molecule has 3 rings (SSSR count). The predicted molar refractivity (Wildman–Crippen MR) is 61.1 cm³/mol. The van der Waals surface area contributed by atoms with Crippen LogP contribution in [-0.4, -0.2) is 39.1 Å². The molecule has 0 N–H and O–H groups in total. The second kappa shape index (κ2) is 4.19. The van der Waals surface area contributed by atoms with Crippen molar-refractivity contribution in [2.24, 2.45) is 0 Å². The van der Waals surface area contributed by atoms with Crippen LogP contribution in [0.5, 0.6) is 5.75 Å². The van der Waals surface area contributed by atoms with Gasteiger partial charge in [-0.2, -0.15) is 0 Å². The smallest absolute Gasteiger partial charge is 0.184 e. The lowest BCUT2D eigenvalue weighted by Crippen LogP contribution is -2.52. The number of rotatable bonds is 4. The molecule has 2 aliphatic heterocycles. The van der Waals surface area contributed by atoms with Crippen molar-refractivity contribution in [3.05, 3.63) is 29.6 Å². The molecule has 2 heterocycles. The molecule has 0 saturated carbocycles. The normalized spacial score (nSPS) is 27.1. The first-order valence-electron chi connectivity index (χ1n) is 5.82. The third-order valence-electron chi connectivity index (χ3n) is 3.38. The van der Waals surface area contributed by atoms with Gasteiger partial charge in [-0.3, -0.25) is 0 Å². The van der Waals surface area contributed by atoms with Crippen molar-refractivity contribution in [3.8, 4) is 5.75 Å². The topological polar surface area (TPSA) is 40.2 Å². The van der Waals surface area contributed by atoms with Crippen LogP contribution < -0.4 is 4.74 Å². The highest BCUT2D eigenvalue weighted by atomic mass is 19.1. The maximum atomic E-state index is 13.2. The van der Waals surface area contributed by atoms with E-state index in [-0.39, 0.29) is 18.0 Å². The lowest BCUT2D eigenvalue weighted by atomic mass is 9.92. The standard InChI is InChI=1S/C13H15FO4/c1-15-6-13(7-16-2)12-11(17-12)9-5-8(14)3-4-10(9)18-13/h3-5,11-12H,6-7H2,1-2H3. The number of fused-ring (bicyclic) bond motifs is 3. The van der Waals surface area contributed by atoms with Gasteiger partial charge in [0.25, 0.3) is 0 Å². The number of halogens is 1. The van der Waals surface area contributed by atoms with E-state index in [1.54, 1.807) is 20.3 Å². The summed E-state index contributed by atoms with van der Waals surface area (Å²) in [4.78, 5) is 0. The number of methoxy groups -OCH3 is 2. The molecule has 0 radical (unpaired) electrons. The number of benzene rings is 1. The number of hydrogen-bond donors (Lipinski definition) is 0. The molecule has 0 amide bonds. The molecule has 2 atom stereocenters. The zero-order valence-electron chi connectivity index (χ0n) is 10.3. The molecule has 18 heavy (non-hydrogen) atoms. The van der Waals surface area contributed by atoms with Gasteiger partial charge in [0.05, 0.1) is 13.2 Å². The first kappa shape index (κ1) is 11.9. The van der Waals surface area contributed by atoms with Gasteiger partial charge in [0.2, 0.25) is 0 Å². The minimum Gasteiger partial charge on any atom is -0.479 e. The highest BCUT2D eigenvalue weighted by molar-refractivity contribution is 5.43. The first-order chi connectivity index (χ1) is 8.70. The van der Waals surface area contributed by atoms with E-state index >= 15 is 0 Å². The van der Waals surface area contributed by atoms with Crippen LogP contribution in [0.4, 0.5) is 4.39 Å². The summed E-state index contributed by atoms with van der Waals surface area (Å²) < 4.78 is 35.2. The van der Waals surface area contributed by atoms with Crippen LogP contribution in [0.3, 0.4) is 0 Å². The number of ether oxygens (including phenoxy) is 4. The average Bonchev–Trinajstić information content (AvgIpc) is 3.12. The second-order valence-electron chi connectivity index (χ2n) is 4.69. The van der Waals surface area contributed by atoms with Crippen LogP contribution in [0, 0.1) is 5.82 Å². The van der Waals surface area contributed by atoms with E-state index in [0.29, 0.717) is 19.0 Å². The summed E-state index contributed by atoms with van der Waals surface area (Å²) in [6.07, 6.45) is -0.249. The third kappa shape index (κ3) is 1.70. The SMILES string of the molecule is COCC1(COC)Oc2ccc(F)cc2C2OC21. The Kier molecular flexibility index (Phi) is 2.77. The zero-order valence-corrected chi connectivity index (χ0v) is 10.3. The van der Waals surface area contributed by atoms with Gasteiger partial charge in [-0.05, 0) is 18.2 Å². The van der Waals surface area contributed by atoms with Crippen LogP contribution in [0.15, 0.2) is 18.2 Å². The van der Waals surface area contributed by atoms with Gasteiger partial charge in [-0.1, -0.05) is 0 Å². The molecule has 2 aliphatic rings. The molecule has 4 nitrogen and oxygen atoms in total. The summed E-state index contributed by atoms with van der Waals surface area (Å²) in [6, 6.07) is 4.47. The fourth-order valence-corrected chi connectivity index (χ4v) is 2.61. The molecule has 1 fully saturated rings. The monoisotopic (exact) mass is 254 g/mol. The summed E-state index contributed by atoms with van der Waals surface area (Å²) in [6.45, 7) is 0.748. The minimum atomic E-state index is -0.640. The van der Waals surface area contributed by atoms with Crippen molar-refractivity contribution in [1.82, 2.24) is 0 Å². The van der Waals surface area contributed by atoms with Crippen LogP contribution >= 0.6 is 0 Å². The van der Waals surface area contributed by atoms with E-state index in [9.17, 15) is 4.39 Å². The van der Waals surface area contributed by atoms with Gasteiger partial charge >= 0.3 is 0 Å². The van der Waals surface area contributed by atoms with Gasteiger partial charge in [0.15, 0.2) is 5.60 Å². The number of hydrogen-bond acceptors (Lipinski definition) is 4. The van der Waals surface area contributed by atoms with Crippen LogP contribution in [0.1, 0.15) is 11.7 Å².